The number of aryl methyl sites for hydroxylation is 2. The highest BCUT2D eigenvalue weighted by molar-refractivity contribution is 7.20. The minimum atomic E-state index is -0.291. The second kappa shape index (κ2) is 9.16. The van der Waals surface area contributed by atoms with Crippen molar-refractivity contribution in [3.8, 4) is 0 Å². The molecule has 35 heavy (non-hydrogen) atoms. The minimum Gasteiger partial charge on any atom is -0.289 e. The average Bonchev–Trinajstić information content (AvgIpc) is 3.09. The molecule has 0 fully saturated rings. The molecule has 180 valence electrons. The molecule has 1 aliphatic rings. The smallest absolute Gasteiger partial charge is 0.186 e. The molecule has 0 saturated heterocycles. The van der Waals surface area contributed by atoms with Gasteiger partial charge in [0.25, 0.3) is 0 Å². The molecular formula is C31H34N2OS. The number of Topliss-reactive ketones (excluding diaryl/α,β-unsaturated/α-hetero) is 1. The van der Waals surface area contributed by atoms with Crippen LogP contribution in [-0.4, -0.2) is 5.78 Å². The lowest BCUT2D eigenvalue weighted by molar-refractivity contribution is -0.114. The maximum absolute atomic E-state index is 13.5. The summed E-state index contributed by atoms with van der Waals surface area (Å²) in [6.45, 7) is 16.8. The van der Waals surface area contributed by atoms with Crippen molar-refractivity contribution < 1.29 is 4.79 Å². The van der Waals surface area contributed by atoms with E-state index in [1.165, 1.54) is 15.6 Å². The lowest BCUT2D eigenvalue weighted by Gasteiger charge is -2.31. The van der Waals surface area contributed by atoms with Crippen LogP contribution >= 0.6 is 11.3 Å². The third kappa shape index (κ3) is 5.13. The van der Waals surface area contributed by atoms with Crippen molar-refractivity contribution in [3.63, 3.8) is 0 Å². The van der Waals surface area contributed by atoms with E-state index in [0.717, 1.165) is 38.5 Å². The van der Waals surface area contributed by atoms with Crippen LogP contribution in [0.5, 0.6) is 0 Å². The molecule has 0 unspecified atom stereocenters. The highest BCUT2D eigenvalue weighted by Crippen LogP contribution is 2.43. The van der Waals surface area contributed by atoms with E-state index < -0.39 is 0 Å². The molecule has 0 saturated carbocycles. The fourth-order valence-electron chi connectivity index (χ4n) is 4.31. The summed E-state index contributed by atoms with van der Waals surface area (Å²) >= 11 is 1.73. The van der Waals surface area contributed by atoms with Crippen LogP contribution in [-0.2, 0) is 4.79 Å². The Balaban J connectivity index is 2.04. The summed E-state index contributed by atoms with van der Waals surface area (Å²) in [5.41, 5.74) is 5.91. The first kappa shape index (κ1) is 25.0. The van der Waals surface area contributed by atoms with Gasteiger partial charge in [-0.25, -0.2) is 0 Å². The molecule has 1 heterocycles. The minimum absolute atomic E-state index is 0.122. The van der Waals surface area contributed by atoms with Crippen LogP contribution in [0, 0.1) is 24.7 Å². The quantitative estimate of drug-likeness (QED) is 0.343. The second-order valence-electron chi connectivity index (χ2n) is 11.3. The summed E-state index contributed by atoms with van der Waals surface area (Å²) < 4.78 is 1.22. The Kier molecular flexibility index (Phi) is 6.54. The third-order valence-corrected chi connectivity index (χ3v) is 7.58. The molecule has 0 bridgehead atoms. The van der Waals surface area contributed by atoms with Gasteiger partial charge >= 0.3 is 0 Å². The van der Waals surface area contributed by atoms with E-state index in [2.05, 4.69) is 90.8 Å². The van der Waals surface area contributed by atoms with Gasteiger partial charge in [-0.05, 0) is 71.5 Å². The van der Waals surface area contributed by atoms with E-state index in [1.54, 1.807) is 11.3 Å². The van der Waals surface area contributed by atoms with Crippen molar-refractivity contribution >= 4 is 38.6 Å². The molecule has 0 aliphatic heterocycles. The molecule has 3 aromatic rings. The Bertz CT molecular complexity index is 1400. The first-order valence-corrected chi connectivity index (χ1v) is 12.9. The monoisotopic (exact) mass is 482 g/mol. The highest BCUT2D eigenvalue weighted by atomic mass is 32.1. The number of hydrogen-bond donors (Lipinski definition) is 0. The Hall–Kier alpha value is -3.11. The lowest BCUT2D eigenvalue weighted by Crippen LogP contribution is -2.28. The fourth-order valence-corrected chi connectivity index (χ4v) is 5.53. The summed E-state index contributed by atoms with van der Waals surface area (Å²) in [6, 6.07) is 16.5. The van der Waals surface area contributed by atoms with Crippen molar-refractivity contribution in [3.05, 3.63) is 93.4 Å². The first-order chi connectivity index (χ1) is 16.4. The SMILES string of the molecule is Cc1cccc(N=NC(=C2C=C(C(C)(C)C)C(=O)C(C(C)(C)C)=C2)c2sc3ccccc3c2C)c1. The van der Waals surface area contributed by atoms with Crippen LogP contribution in [0.25, 0.3) is 15.8 Å². The van der Waals surface area contributed by atoms with Crippen molar-refractivity contribution in [1.82, 2.24) is 0 Å². The van der Waals surface area contributed by atoms with Crippen molar-refractivity contribution in [2.24, 2.45) is 21.1 Å². The number of hydrogen-bond acceptors (Lipinski definition) is 4. The molecule has 4 rings (SSSR count). The zero-order valence-electron chi connectivity index (χ0n) is 22.0. The van der Waals surface area contributed by atoms with Gasteiger partial charge in [0.05, 0.1) is 10.6 Å². The van der Waals surface area contributed by atoms with Gasteiger partial charge in [-0.15, -0.1) is 16.5 Å². The average molecular weight is 483 g/mol. The zero-order chi connectivity index (χ0) is 25.5. The van der Waals surface area contributed by atoms with Gasteiger partial charge in [-0.3, -0.25) is 4.79 Å². The topological polar surface area (TPSA) is 41.8 Å². The fraction of sp³-hybridized carbons (Fsp3) is 0.323. The van der Waals surface area contributed by atoms with Gasteiger partial charge in [0, 0.05) is 21.4 Å². The molecule has 4 heteroatoms. The molecule has 1 aliphatic carbocycles. The molecule has 0 N–H and O–H groups in total. The lowest BCUT2D eigenvalue weighted by atomic mass is 9.71. The van der Waals surface area contributed by atoms with Crippen LogP contribution in [0.1, 0.15) is 57.5 Å². The van der Waals surface area contributed by atoms with E-state index in [-0.39, 0.29) is 16.6 Å². The number of fused-ring (bicyclic) bond motifs is 1. The Morgan fingerprint density at radius 2 is 1.46 bits per heavy atom. The van der Waals surface area contributed by atoms with Gasteiger partial charge < -0.3 is 0 Å². The van der Waals surface area contributed by atoms with Crippen molar-refractivity contribution in [2.75, 3.05) is 0 Å². The van der Waals surface area contributed by atoms with Gasteiger partial charge in [0.1, 0.15) is 5.70 Å². The molecule has 1 aromatic heterocycles. The van der Waals surface area contributed by atoms with Crippen LogP contribution in [0.3, 0.4) is 0 Å². The molecule has 3 nitrogen and oxygen atoms in total. The molecule has 2 aromatic carbocycles. The van der Waals surface area contributed by atoms with Crippen LogP contribution < -0.4 is 0 Å². The number of rotatable bonds is 3. The third-order valence-electron chi connectivity index (χ3n) is 6.30. The standard InChI is InChI=1S/C31H34N2OS/c1-19-12-11-13-22(16-19)32-33-27(29-20(2)23-14-9-10-15-26(23)35-29)21-17-24(30(3,4)5)28(34)25(18-21)31(6,7)8/h9-18H,1-8H3. The Morgan fingerprint density at radius 1 is 0.829 bits per heavy atom. The van der Waals surface area contributed by atoms with Gasteiger partial charge in [0.2, 0.25) is 0 Å². The summed E-state index contributed by atoms with van der Waals surface area (Å²) in [5, 5.41) is 10.7. The maximum atomic E-state index is 13.5. The Labute approximate surface area is 213 Å². The zero-order valence-corrected chi connectivity index (χ0v) is 22.8. The summed E-state index contributed by atoms with van der Waals surface area (Å²) in [5.74, 6) is 0.122. The van der Waals surface area contributed by atoms with E-state index in [4.69, 9.17) is 5.11 Å². The molecule has 0 spiro atoms. The predicted molar refractivity (Wildman–Crippen MR) is 149 cm³/mol. The molecule has 0 amide bonds. The summed E-state index contributed by atoms with van der Waals surface area (Å²) in [4.78, 5) is 14.6. The predicted octanol–water partition coefficient (Wildman–Crippen LogP) is 9.54. The number of nitrogens with zero attached hydrogens (tertiary/aromatic N) is 2. The Morgan fingerprint density at radius 3 is 2.03 bits per heavy atom. The number of carbonyl (C=O) groups excluding carboxylic acids is 1. The second-order valence-corrected chi connectivity index (χ2v) is 12.4. The first-order valence-electron chi connectivity index (χ1n) is 12.1. The van der Waals surface area contributed by atoms with E-state index >= 15 is 0 Å². The molecule has 0 atom stereocenters. The number of azo groups is 1. The number of carbonyl (C=O) groups is 1. The van der Waals surface area contributed by atoms with E-state index in [0.29, 0.717) is 0 Å². The molecular weight excluding hydrogens is 448 g/mol. The number of ketones is 1. The van der Waals surface area contributed by atoms with Crippen LogP contribution in [0.15, 0.2) is 87.6 Å². The normalized spacial score (nSPS) is 15.1. The number of benzene rings is 2. The van der Waals surface area contributed by atoms with Crippen LogP contribution in [0.4, 0.5) is 5.69 Å². The highest BCUT2D eigenvalue weighted by Gasteiger charge is 2.35. The number of thiophene rings is 1. The maximum Gasteiger partial charge on any atom is 0.186 e. The van der Waals surface area contributed by atoms with Gasteiger partial charge in [0.15, 0.2) is 5.78 Å². The number of allylic oxidation sites excluding steroid dienone is 5. The van der Waals surface area contributed by atoms with Crippen molar-refractivity contribution in [2.45, 2.75) is 55.4 Å². The largest absolute Gasteiger partial charge is 0.289 e. The molecule has 0 radical (unpaired) electrons. The summed E-state index contributed by atoms with van der Waals surface area (Å²) in [6.07, 6.45) is 4.07. The van der Waals surface area contributed by atoms with Crippen molar-refractivity contribution in [1.29, 1.82) is 0 Å². The van der Waals surface area contributed by atoms with E-state index in [9.17, 15) is 4.79 Å². The van der Waals surface area contributed by atoms with Gasteiger partial charge in [-0.2, -0.15) is 5.11 Å². The van der Waals surface area contributed by atoms with Gasteiger partial charge in [-0.1, -0.05) is 71.9 Å². The van der Waals surface area contributed by atoms with Crippen LogP contribution in [0.2, 0.25) is 0 Å². The van der Waals surface area contributed by atoms with E-state index in [1.807, 2.05) is 30.4 Å². The summed E-state index contributed by atoms with van der Waals surface area (Å²) in [7, 11) is 0.